The van der Waals surface area contributed by atoms with Crippen LogP contribution in [0.2, 0.25) is 5.02 Å². The first-order valence-corrected chi connectivity index (χ1v) is 9.45. The predicted molar refractivity (Wildman–Crippen MR) is 104 cm³/mol. The summed E-state index contributed by atoms with van der Waals surface area (Å²) in [6.45, 7) is 0. The minimum absolute atomic E-state index is 0.0404. The first-order valence-electron chi connectivity index (χ1n) is 8.09. The number of carbonyl (C=O) groups is 2. The largest absolute Gasteiger partial charge is 0.396 e. The summed E-state index contributed by atoms with van der Waals surface area (Å²) >= 11 is 7.15. The Labute approximate surface area is 167 Å². The molecule has 2 heterocycles. The maximum atomic E-state index is 12.8. The molecular formula is C18H12ClN5O3S. The lowest BCUT2D eigenvalue weighted by molar-refractivity contribution is -0.113. The van der Waals surface area contributed by atoms with Crippen LogP contribution in [0.25, 0.3) is 5.84 Å². The van der Waals surface area contributed by atoms with Crippen LogP contribution >= 0.6 is 23.4 Å². The molecule has 0 bridgehead atoms. The van der Waals surface area contributed by atoms with Gasteiger partial charge in [-0.2, -0.15) is 4.52 Å². The summed E-state index contributed by atoms with van der Waals surface area (Å²) in [4.78, 5) is 25.1. The first kappa shape index (κ1) is 18.2. The van der Waals surface area contributed by atoms with Crippen LogP contribution in [0.15, 0.2) is 64.5 Å². The third kappa shape index (κ3) is 3.90. The Hall–Kier alpha value is -3.17. The van der Waals surface area contributed by atoms with E-state index in [2.05, 4.69) is 20.6 Å². The van der Waals surface area contributed by atoms with E-state index in [4.69, 9.17) is 16.0 Å². The van der Waals surface area contributed by atoms with Crippen molar-refractivity contribution >= 4 is 46.6 Å². The molecule has 0 aliphatic carbocycles. The van der Waals surface area contributed by atoms with E-state index in [-0.39, 0.29) is 28.5 Å². The van der Waals surface area contributed by atoms with Gasteiger partial charge in [0.15, 0.2) is 5.78 Å². The molecular weight excluding hydrogens is 402 g/mol. The maximum Gasteiger partial charge on any atom is 0.345 e. The Balaban J connectivity index is 1.48. The van der Waals surface area contributed by atoms with E-state index < -0.39 is 0 Å². The Morgan fingerprint density at radius 3 is 2.79 bits per heavy atom. The van der Waals surface area contributed by atoms with E-state index >= 15 is 0 Å². The number of carbonyl (C=O) groups excluding carboxylic acids is 2. The molecule has 0 spiro atoms. The van der Waals surface area contributed by atoms with Gasteiger partial charge in [-0.25, -0.2) is 0 Å². The summed E-state index contributed by atoms with van der Waals surface area (Å²) in [6.07, 6.45) is 1.40. The highest BCUT2D eigenvalue weighted by atomic mass is 35.5. The molecule has 28 heavy (non-hydrogen) atoms. The zero-order valence-corrected chi connectivity index (χ0v) is 15.8. The van der Waals surface area contributed by atoms with E-state index in [1.54, 1.807) is 36.4 Å². The van der Waals surface area contributed by atoms with Crippen LogP contribution in [-0.2, 0) is 4.79 Å². The van der Waals surface area contributed by atoms with Crippen molar-refractivity contribution in [2.45, 2.75) is 5.22 Å². The fraction of sp³-hybridized carbons (Fsp3) is 0.0556. The normalized spacial score (nSPS) is 10.9. The number of amides is 1. The third-order valence-corrected chi connectivity index (χ3v) is 4.78. The number of rotatable bonds is 6. The monoisotopic (exact) mass is 413 g/mol. The number of anilines is 1. The van der Waals surface area contributed by atoms with Gasteiger partial charge in [-0.3, -0.25) is 9.59 Å². The predicted octanol–water partition coefficient (Wildman–Crippen LogP) is 3.33. The zero-order chi connectivity index (χ0) is 19.5. The molecule has 4 rings (SSSR count). The standard InChI is InChI=1S/C18H12ClN5O3S/c19-12-6-7-14(13(8-12)16(26)11-4-2-1-3-5-11)21-15(25)9-28-18-23-24-10-20-22-17(24)27-18/h1-8,10H,9H2,(H,21,25). The summed E-state index contributed by atoms with van der Waals surface area (Å²) in [5.74, 6) is -0.258. The van der Waals surface area contributed by atoms with Gasteiger partial charge < -0.3 is 9.73 Å². The summed E-state index contributed by atoms with van der Waals surface area (Å²) in [5, 5.41) is 14.9. The number of nitrogens with zero attached hydrogens (tertiary/aromatic N) is 4. The summed E-state index contributed by atoms with van der Waals surface area (Å²) in [6, 6.07) is 13.5. The molecule has 0 fully saturated rings. The number of hydrogen-bond acceptors (Lipinski definition) is 7. The van der Waals surface area contributed by atoms with Gasteiger partial charge in [0.05, 0.1) is 11.4 Å². The van der Waals surface area contributed by atoms with E-state index in [1.807, 2.05) is 6.07 Å². The number of benzene rings is 2. The number of hydrogen-bond donors (Lipinski definition) is 1. The Morgan fingerprint density at radius 1 is 1.18 bits per heavy atom. The highest BCUT2D eigenvalue weighted by Crippen LogP contribution is 2.24. The average molecular weight is 414 g/mol. The van der Waals surface area contributed by atoms with Crippen LogP contribution in [-0.4, -0.2) is 37.3 Å². The average Bonchev–Trinajstić information content (AvgIpc) is 3.30. The molecule has 10 heteroatoms. The van der Waals surface area contributed by atoms with Gasteiger partial charge in [-0.05, 0) is 18.2 Å². The summed E-state index contributed by atoms with van der Waals surface area (Å²) in [5.41, 5.74) is 1.21. The molecule has 0 saturated heterocycles. The van der Waals surface area contributed by atoms with E-state index in [0.29, 0.717) is 21.8 Å². The van der Waals surface area contributed by atoms with Crippen molar-refractivity contribution in [1.82, 2.24) is 19.8 Å². The van der Waals surface area contributed by atoms with Gasteiger partial charge in [0.2, 0.25) is 5.91 Å². The van der Waals surface area contributed by atoms with Gasteiger partial charge in [-0.1, -0.05) is 58.8 Å². The maximum absolute atomic E-state index is 12.8. The van der Waals surface area contributed by atoms with Gasteiger partial charge in [-0.15, -0.1) is 10.2 Å². The number of ketones is 1. The molecule has 8 nitrogen and oxygen atoms in total. The molecule has 2 aromatic carbocycles. The van der Waals surface area contributed by atoms with Crippen LogP contribution in [0, 0.1) is 0 Å². The lowest BCUT2D eigenvalue weighted by Gasteiger charge is -2.11. The van der Waals surface area contributed by atoms with Gasteiger partial charge >= 0.3 is 5.84 Å². The molecule has 0 atom stereocenters. The molecule has 0 saturated carbocycles. The Kier molecular flexibility index (Phi) is 5.09. The molecule has 1 amide bonds. The van der Waals surface area contributed by atoms with Crippen molar-refractivity contribution in [2.24, 2.45) is 0 Å². The van der Waals surface area contributed by atoms with E-state index in [1.165, 1.54) is 16.9 Å². The molecule has 1 N–H and O–H groups in total. The van der Waals surface area contributed by atoms with Gasteiger partial charge in [0.25, 0.3) is 5.22 Å². The van der Waals surface area contributed by atoms with Crippen molar-refractivity contribution < 1.29 is 14.0 Å². The Morgan fingerprint density at radius 2 is 2.00 bits per heavy atom. The fourth-order valence-corrected chi connectivity index (χ4v) is 3.25. The molecule has 2 aromatic heterocycles. The second-order valence-electron chi connectivity index (χ2n) is 5.65. The molecule has 140 valence electrons. The molecule has 0 aliphatic heterocycles. The van der Waals surface area contributed by atoms with Crippen LogP contribution in [0.5, 0.6) is 0 Å². The van der Waals surface area contributed by atoms with E-state index in [9.17, 15) is 9.59 Å². The second kappa shape index (κ2) is 7.83. The number of halogens is 1. The lowest BCUT2D eigenvalue weighted by atomic mass is 10.0. The highest BCUT2D eigenvalue weighted by molar-refractivity contribution is 7.99. The topological polar surface area (TPSA) is 102 Å². The number of fused-ring (bicyclic) bond motifs is 1. The van der Waals surface area contributed by atoms with Crippen LogP contribution < -0.4 is 5.32 Å². The second-order valence-corrected chi connectivity index (χ2v) is 7.01. The molecule has 0 unspecified atom stereocenters. The number of thioether (sulfide) groups is 1. The van der Waals surface area contributed by atoms with Crippen molar-refractivity contribution in [3.8, 4) is 0 Å². The molecule has 0 aliphatic rings. The van der Waals surface area contributed by atoms with Crippen molar-refractivity contribution in [1.29, 1.82) is 0 Å². The van der Waals surface area contributed by atoms with Crippen molar-refractivity contribution in [3.63, 3.8) is 0 Å². The minimum Gasteiger partial charge on any atom is -0.396 e. The smallest absolute Gasteiger partial charge is 0.345 e. The SMILES string of the molecule is O=C(CSc1nn2cnnc2o1)Nc1ccc(Cl)cc1C(=O)c1ccccc1. The van der Waals surface area contributed by atoms with Crippen molar-refractivity contribution in [2.75, 3.05) is 11.1 Å². The molecule has 0 radical (unpaired) electrons. The van der Waals surface area contributed by atoms with Crippen LogP contribution in [0.1, 0.15) is 15.9 Å². The van der Waals surface area contributed by atoms with E-state index in [0.717, 1.165) is 11.8 Å². The number of nitrogens with one attached hydrogen (secondary N) is 1. The van der Waals surface area contributed by atoms with Crippen LogP contribution in [0.4, 0.5) is 5.69 Å². The quantitative estimate of drug-likeness (QED) is 0.382. The Bertz CT molecular complexity index is 1130. The highest BCUT2D eigenvalue weighted by Gasteiger charge is 2.17. The van der Waals surface area contributed by atoms with Crippen LogP contribution in [0.3, 0.4) is 0 Å². The van der Waals surface area contributed by atoms with Crippen molar-refractivity contribution in [3.05, 3.63) is 71.0 Å². The van der Waals surface area contributed by atoms with Gasteiger partial charge in [0, 0.05) is 16.1 Å². The summed E-state index contributed by atoms with van der Waals surface area (Å²) < 4.78 is 6.70. The summed E-state index contributed by atoms with van der Waals surface area (Å²) in [7, 11) is 0. The zero-order valence-electron chi connectivity index (χ0n) is 14.2. The fourth-order valence-electron chi connectivity index (χ4n) is 2.47. The minimum atomic E-state index is -0.316. The first-order chi connectivity index (χ1) is 13.6. The van der Waals surface area contributed by atoms with Gasteiger partial charge in [0.1, 0.15) is 6.33 Å². The third-order valence-electron chi connectivity index (χ3n) is 3.73. The number of aromatic nitrogens is 4. The lowest BCUT2D eigenvalue weighted by Crippen LogP contribution is -2.17. The molecule has 4 aromatic rings.